The zero-order valence-electron chi connectivity index (χ0n) is 23.4. The van der Waals surface area contributed by atoms with E-state index in [1.807, 2.05) is 11.3 Å². The van der Waals surface area contributed by atoms with Gasteiger partial charge in [-0.3, -0.25) is 0 Å². The number of fused-ring (bicyclic) bond motifs is 8. The Morgan fingerprint density at radius 3 is 1.56 bits per heavy atom. The summed E-state index contributed by atoms with van der Waals surface area (Å²) in [5, 5.41) is 3.67. The van der Waals surface area contributed by atoms with Crippen LogP contribution in [-0.2, 0) is 5.41 Å². The lowest BCUT2D eigenvalue weighted by Gasteiger charge is -2.38. The maximum Gasteiger partial charge on any atom is 0.0664 e. The van der Waals surface area contributed by atoms with Gasteiger partial charge in [-0.25, -0.2) is 0 Å². The monoisotopic (exact) mass is 488 g/mol. The molecular formula is C35H36S. The zero-order chi connectivity index (χ0) is 25.8. The standard InChI is InChI=1S/C35H36S/c1-17-19(3)25(9)32-30(21(17)5)23(7)24(8)31-22(6)18(2)20(4)26(10)33(31)35(32)15-13-27-11-12-29-28(34(27)35)14-16-36-29/h11-16H,1-10H3. The Hall–Kier alpha value is -2.90. The van der Waals surface area contributed by atoms with Crippen molar-refractivity contribution in [3.8, 4) is 0 Å². The topological polar surface area (TPSA) is 0 Å². The van der Waals surface area contributed by atoms with E-state index in [1.165, 1.54) is 99.1 Å². The Labute approximate surface area is 220 Å². The van der Waals surface area contributed by atoms with Crippen LogP contribution in [0.25, 0.3) is 27.3 Å². The molecule has 0 amide bonds. The van der Waals surface area contributed by atoms with Gasteiger partial charge in [-0.2, -0.15) is 0 Å². The zero-order valence-corrected chi connectivity index (χ0v) is 24.2. The molecule has 0 aliphatic heterocycles. The lowest BCUT2D eigenvalue weighted by atomic mass is 9.63. The average molecular weight is 489 g/mol. The van der Waals surface area contributed by atoms with Gasteiger partial charge in [0.05, 0.1) is 5.41 Å². The third-order valence-electron chi connectivity index (χ3n) is 10.1. The van der Waals surface area contributed by atoms with Crippen molar-refractivity contribution in [2.24, 2.45) is 0 Å². The van der Waals surface area contributed by atoms with Crippen molar-refractivity contribution in [1.29, 1.82) is 0 Å². The van der Waals surface area contributed by atoms with Crippen LogP contribution < -0.4 is 0 Å². The molecule has 0 saturated heterocycles. The third kappa shape index (κ3) is 2.60. The van der Waals surface area contributed by atoms with Gasteiger partial charge in [-0.05, 0) is 181 Å². The van der Waals surface area contributed by atoms with E-state index < -0.39 is 0 Å². The quantitative estimate of drug-likeness (QED) is 0.231. The van der Waals surface area contributed by atoms with Crippen molar-refractivity contribution in [2.75, 3.05) is 0 Å². The first-order chi connectivity index (χ1) is 17.0. The van der Waals surface area contributed by atoms with Crippen molar-refractivity contribution in [2.45, 2.75) is 74.7 Å². The van der Waals surface area contributed by atoms with Gasteiger partial charge in [-0.1, -0.05) is 18.2 Å². The molecule has 4 aromatic rings. The van der Waals surface area contributed by atoms with Crippen LogP contribution in [-0.4, -0.2) is 0 Å². The van der Waals surface area contributed by atoms with Crippen LogP contribution in [0.1, 0.15) is 91.7 Å². The summed E-state index contributed by atoms with van der Waals surface area (Å²) in [6.45, 7) is 23.5. The highest BCUT2D eigenvalue weighted by Crippen LogP contribution is 2.59. The number of thiophene rings is 1. The van der Waals surface area contributed by atoms with E-state index in [4.69, 9.17) is 0 Å². The maximum absolute atomic E-state index is 2.56. The highest BCUT2D eigenvalue weighted by atomic mass is 32.1. The third-order valence-corrected chi connectivity index (χ3v) is 10.9. The molecule has 3 aromatic carbocycles. The first kappa shape index (κ1) is 23.5. The van der Waals surface area contributed by atoms with Crippen LogP contribution in [0.3, 0.4) is 0 Å². The molecule has 0 radical (unpaired) electrons. The van der Waals surface area contributed by atoms with Gasteiger partial charge in [0, 0.05) is 4.70 Å². The molecule has 0 saturated carbocycles. The fourth-order valence-electron chi connectivity index (χ4n) is 7.40. The first-order valence-corrected chi connectivity index (χ1v) is 14.0. The van der Waals surface area contributed by atoms with Crippen molar-refractivity contribution in [3.63, 3.8) is 0 Å². The predicted molar refractivity (Wildman–Crippen MR) is 160 cm³/mol. The molecule has 0 bridgehead atoms. The Balaban J connectivity index is 1.99. The van der Waals surface area contributed by atoms with Crippen LogP contribution in [0, 0.1) is 55.4 Å². The van der Waals surface area contributed by atoms with E-state index in [-0.39, 0.29) is 5.41 Å². The van der Waals surface area contributed by atoms with E-state index in [2.05, 4.69) is 105 Å². The van der Waals surface area contributed by atoms with E-state index in [0.717, 1.165) is 0 Å². The molecule has 182 valence electrons. The van der Waals surface area contributed by atoms with E-state index in [9.17, 15) is 0 Å². The van der Waals surface area contributed by atoms with E-state index in [0.29, 0.717) is 0 Å². The summed E-state index contributed by atoms with van der Waals surface area (Å²) in [7, 11) is 0. The Morgan fingerprint density at radius 2 is 1.03 bits per heavy atom. The van der Waals surface area contributed by atoms with E-state index >= 15 is 0 Å². The van der Waals surface area contributed by atoms with Gasteiger partial charge in [0.1, 0.15) is 0 Å². The molecule has 2 aliphatic rings. The minimum atomic E-state index is -0.319. The van der Waals surface area contributed by atoms with Crippen molar-refractivity contribution in [3.05, 3.63) is 108 Å². The average Bonchev–Trinajstić information content (AvgIpc) is 3.47. The fraction of sp³-hybridized carbons (Fsp3) is 0.314. The van der Waals surface area contributed by atoms with Gasteiger partial charge in [0.15, 0.2) is 0 Å². The second-order valence-corrected chi connectivity index (χ2v) is 12.2. The van der Waals surface area contributed by atoms with Crippen molar-refractivity contribution in [1.82, 2.24) is 0 Å². The van der Waals surface area contributed by atoms with Crippen LogP contribution in [0.15, 0.2) is 29.7 Å². The number of hydrogen-bond acceptors (Lipinski definition) is 1. The lowest BCUT2D eigenvalue weighted by Crippen LogP contribution is -2.31. The van der Waals surface area contributed by atoms with Crippen LogP contribution >= 0.6 is 11.3 Å². The molecule has 0 nitrogen and oxygen atoms in total. The summed E-state index contributed by atoms with van der Waals surface area (Å²) in [5.41, 5.74) is 22.7. The smallest absolute Gasteiger partial charge is 0.0664 e. The van der Waals surface area contributed by atoms with Crippen LogP contribution in [0.2, 0.25) is 0 Å². The maximum atomic E-state index is 2.56. The molecular weight excluding hydrogens is 452 g/mol. The molecule has 1 heterocycles. The molecule has 0 unspecified atom stereocenters. The number of hydrogen-bond donors (Lipinski definition) is 0. The second kappa shape index (κ2) is 7.56. The molecule has 0 atom stereocenters. The number of rotatable bonds is 0. The Bertz CT molecular complexity index is 1630. The molecule has 0 fully saturated rings. The molecule has 36 heavy (non-hydrogen) atoms. The number of benzene rings is 3. The molecule has 1 spiro atoms. The highest BCUT2D eigenvalue weighted by Gasteiger charge is 2.47. The van der Waals surface area contributed by atoms with Gasteiger partial charge in [-0.15, -0.1) is 11.3 Å². The summed E-state index contributed by atoms with van der Waals surface area (Å²) < 4.78 is 1.38. The molecule has 0 N–H and O–H groups in total. The fourth-order valence-corrected chi connectivity index (χ4v) is 8.20. The van der Waals surface area contributed by atoms with E-state index in [1.54, 1.807) is 0 Å². The Kier molecular flexibility index (Phi) is 4.93. The summed E-state index contributed by atoms with van der Waals surface area (Å²) in [6, 6.07) is 7.02. The second-order valence-electron chi connectivity index (χ2n) is 11.3. The number of allylic oxidation sites excluding steroid dienone is 3. The minimum absolute atomic E-state index is 0.319. The molecule has 2 aliphatic carbocycles. The van der Waals surface area contributed by atoms with Gasteiger partial charge in [0.2, 0.25) is 0 Å². The van der Waals surface area contributed by atoms with Gasteiger partial charge >= 0.3 is 0 Å². The SMILES string of the molecule is CC1=C(C)c2c(C)c(C)c(C)c(C)c2C2(C=Cc3ccc4sccc4c32)c2c(C)c(C)c(C)c(C)c21. The van der Waals surface area contributed by atoms with Gasteiger partial charge in [0.25, 0.3) is 0 Å². The molecule has 1 heteroatoms. The normalized spacial score (nSPS) is 15.5. The summed E-state index contributed by atoms with van der Waals surface area (Å²) in [4.78, 5) is 0. The van der Waals surface area contributed by atoms with Gasteiger partial charge < -0.3 is 0 Å². The lowest BCUT2D eigenvalue weighted by molar-refractivity contribution is 0.773. The Morgan fingerprint density at radius 1 is 0.528 bits per heavy atom. The largest absolute Gasteiger partial charge is 0.144 e. The predicted octanol–water partition coefficient (Wildman–Crippen LogP) is 9.99. The first-order valence-electron chi connectivity index (χ1n) is 13.1. The summed E-state index contributed by atoms with van der Waals surface area (Å²) in [5.74, 6) is 0. The van der Waals surface area contributed by atoms with Crippen LogP contribution in [0.4, 0.5) is 0 Å². The highest BCUT2D eigenvalue weighted by molar-refractivity contribution is 7.17. The molecule has 1 aromatic heterocycles. The molecule has 6 rings (SSSR count). The van der Waals surface area contributed by atoms with Crippen molar-refractivity contribution < 1.29 is 0 Å². The van der Waals surface area contributed by atoms with Crippen LogP contribution in [0.5, 0.6) is 0 Å². The minimum Gasteiger partial charge on any atom is -0.144 e. The van der Waals surface area contributed by atoms with Crippen molar-refractivity contribution >= 4 is 38.6 Å². The summed E-state index contributed by atoms with van der Waals surface area (Å²) >= 11 is 1.86. The summed E-state index contributed by atoms with van der Waals surface area (Å²) in [6.07, 6.45) is 4.96.